The van der Waals surface area contributed by atoms with Crippen molar-refractivity contribution in [3.05, 3.63) is 38.5 Å². The van der Waals surface area contributed by atoms with E-state index in [1.165, 1.54) is 9.88 Å². The number of nitrogens with one attached hydrogen (secondary N) is 2. The van der Waals surface area contributed by atoms with Gasteiger partial charge in [0.05, 0.1) is 5.01 Å². The lowest BCUT2D eigenvalue weighted by Gasteiger charge is -2.11. The number of aliphatic imine (C=N–C) groups is 1. The van der Waals surface area contributed by atoms with Crippen LogP contribution < -0.4 is 10.6 Å². The molecule has 2 aromatic heterocycles. The fourth-order valence-corrected chi connectivity index (χ4v) is 3.63. The van der Waals surface area contributed by atoms with Crippen LogP contribution in [-0.4, -0.2) is 31.1 Å². The molecular weight excluding hydrogens is 439 g/mol. The summed E-state index contributed by atoms with van der Waals surface area (Å²) in [5.41, 5.74) is 1.13. The van der Waals surface area contributed by atoms with Gasteiger partial charge in [-0.05, 0) is 44.1 Å². The number of rotatable bonds is 8. The van der Waals surface area contributed by atoms with E-state index in [9.17, 15) is 0 Å². The van der Waals surface area contributed by atoms with Gasteiger partial charge in [0.2, 0.25) is 0 Å². The van der Waals surface area contributed by atoms with Crippen molar-refractivity contribution in [3.8, 4) is 0 Å². The molecule has 23 heavy (non-hydrogen) atoms. The molecule has 2 rings (SSSR count). The van der Waals surface area contributed by atoms with Gasteiger partial charge in [0.15, 0.2) is 5.96 Å². The summed E-state index contributed by atoms with van der Waals surface area (Å²) in [4.78, 5) is 10.1. The van der Waals surface area contributed by atoms with Crippen molar-refractivity contribution in [1.29, 1.82) is 0 Å². The largest absolute Gasteiger partial charge is 0.356 e. The quantitative estimate of drug-likeness (QED) is 0.270. The Bertz CT molecular complexity index is 566. The van der Waals surface area contributed by atoms with Crippen molar-refractivity contribution in [2.45, 2.75) is 32.6 Å². The lowest BCUT2D eigenvalue weighted by atomic mass is 10.2. The molecule has 0 atom stereocenters. The predicted molar refractivity (Wildman–Crippen MR) is 113 cm³/mol. The van der Waals surface area contributed by atoms with Crippen molar-refractivity contribution in [1.82, 2.24) is 15.6 Å². The van der Waals surface area contributed by atoms with E-state index in [1.807, 2.05) is 14.0 Å². The van der Waals surface area contributed by atoms with E-state index in [2.05, 4.69) is 43.5 Å². The Morgan fingerprint density at radius 1 is 1.17 bits per heavy atom. The Balaban J connectivity index is 0.00000264. The minimum Gasteiger partial charge on any atom is -0.356 e. The fraction of sp³-hybridized carbons (Fsp3) is 0.500. The average Bonchev–Trinajstić information content (AvgIpc) is 3.17. The minimum absolute atomic E-state index is 0. The zero-order chi connectivity index (χ0) is 15.6. The highest BCUT2D eigenvalue weighted by Crippen LogP contribution is 2.11. The van der Waals surface area contributed by atoms with Crippen molar-refractivity contribution < 1.29 is 0 Å². The summed E-state index contributed by atoms with van der Waals surface area (Å²) in [6.07, 6.45) is 4.41. The first kappa shape index (κ1) is 20.4. The standard InChI is InChI=1S/C16H24N4S2.HI/c1-13-12-22-15(20-13)7-3-4-9-18-16(17-2)19-10-8-14-6-5-11-21-14;/h5-6,11-12H,3-4,7-10H2,1-2H3,(H2,17,18,19);1H. The molecule has 0 aliphatic rings. The number of hydrogen-bond acceptors (Lipinski definition) is 4. The molecule has 4 nitrogen and oxygen atoms in total. The molecule has 128 valence electrons. The van der Waals surface area contributed by atoms with Crippen molar-refractivity contribution >= 4 is 52.6 Å². The van der Waals surface area contributed by atoms with Crippen LogP contribution in [0.3, 0.4) is 0 Å². The summed E-state index contributed by atoms with van der Waals surface area (Å²) in [6.45, 7) is 3.91. The van der Waals surface area contributed by atoms with E-state index in [1.54, 1.807) is 22.7 Å². The number of thiazole rings is 1. The van der Waals surface area contributed by atoms with Crippen LogP contribution in [0.2, 0.25) is 0 Å². The number of halogens is 1. The molecule has 0 radical (unpaired) electrons. The number of nitrogens with zero attached hydrogens (tertiary/aromatic N) is 2. The van der Waals surface area contributed by atoms with Crippen molar-refractivity contribution in [2.24, 2.45) is 4.99 Å². The highest BCUT2D eigenvalue weighted by atomic mass is 127. The average molecular weight is 464 g/mol. The lowest BCUT2D eigenvalue weighted by Crippen LogP contribution is -2.38. The second-order valence-electron chi connectivity index (χ2n) is 5.09. The van der Waals surface area contributed by atoms with E-state index in [4.69, 9.17) is 0 Å². The molecule has 0 spiro atoms. The van der Waals surface area contributed by atoms with Crippen LogP contribution >= 0.6 is 46.7 Å². The van der Waals surface area contributed by atoms with Crippen LogP contribution in [0.1, 0.15) is 28.4 Å². The van der Waals surface area contributed by atoms with Gasteiger partial charge in [-0.3, -0.25) is 4.99 Å². The third-order valence-electron chi connectivity index (χ3n) is 3.24. The van der Waals surface area contributed by atoms with Gasteiger partial charge in [-0.15, -0.1) is 46.7 Å². The Morgan fingerprint density at radius 3 is 2.65 bits per heavy atom. The number of aryl methyl sites for hydroxylation is 2. The minimum atomic E-state index is 0. The topological polar surface area (TPSA) is 49.3 Å². The summed E-state index contributed by atoms with van der Waals surface area (Å²) in [6, 6.07) is 4.26. The molecule has 0 aromatic carbocycles. The zero-order valence-electron chi connectivity index (χ0n) is 13.7. The third-order valence-corrected chi connectivity index (χ3v) is 5.21. The Hall–Kier alpha value is -0.670. The van der Waals surface area contributed by atoms with Crippen LogP contribution in [0.5, 0.6) is 0 Å². The number of aromatic nitrogens is 1. The predicted octanol–water partition coefficient (Wildman–Crippen LogP) is 3.86. The molecule has 0 fully saturated rings. The van der Waals surface area contributed by atoms with Gasteiger partial charge < -0.3 is 10.6 Å². The summed E-state index contributed by atoms with van der Waals surface area (Å²) < 4.78 is 0. The molecule has 0 unspecified atom stereocenters. The maximum Gasteiger partial charge on any atom is 0.190 e. The summed E-state index contributed by atoms with van der Waals surface area (Å²) >= 11 is 3.56. The highest BCUT2D eigenvalue weighted by Gasteiger charge is 2.00. The lowest BCUT2D eigenvalue weighted by molar-refractivity contribution is 0.691. The van der Waals surface area contributed by atoms with E-state index < -0.39 is 0 Å². The third kappa shape index (κ3) is 8.12. The van der Waals surface area contributed by atoms with Crippen LogP contribution in [-0.2, 0) is 12.8 Å². The normalized spacial score (nSPS) is 11.1. The monoisotopic (exact) mass is 464 g/mol. The van der Waals surface area contributed by atoms with E-state index in [0.717, 1.165) is 50.4 Å². The van der Waals surface area contributed by atoms with Crippen molar-refractivity contribution in [3.63, 3.8) is 0 Å². The zero-order valence-corrected chi connectivity index (χ0v) is 17.6. The van der Waals surface area contributed by atoms with E-state index >= 15 is 0 Å². The SMILES string of the molecule is CN=C(NCCCCc1nc(C)cs1)NCCc1cccs1.I. The van der Waals surface area contributed by atoms with Crippen LogP contribution in [0.4, 0.5) is 0 Å². The second kappa shape index (κ2) is 11.8. The fourth-order valence-electron chi connectivity index (χ4n) is 2.11. The molecule has 2 heterocycles. The van der Waals surface area contributed by atoms with Crippen LogP contribution in [0, 0.1) is 6.92 Å². The molecule has 0 aliphatic carbocycles. The van der Waals surface area contributed by atoms with Gasteiger partial charge in [0, 0.05) is 36.1 Å². The molecule has 2 N–H and O–H groups in total. The number of hydrogen-bond donors (Lipinski definition) is 2. The number of guanidine groups is 1. The summed E-state index contributed by atoms with van der Waals surface area (Å²) in [5, 5.41) is 12.2. The van der Waals surface area contributed by atoms with Crippen LogP contribution in [0.25, 0.3) is 0 Å². The first-order chi connectivity index (χ1) is 10.8. The van der Waals surface area contributed by atoms with Crippen molar-refractivity contribution in [2.75, 3.05) is 20.1 Å². The van der Waals surface area contributed by atoms with Gasteiger partial charge in [0.1, 0.15) is 0 Å². The smallest absolute Gasteiger partial charge is 0.190 e. The van der Waals surface area contributed by atoms with Gasteiger partial charge in [-0.2, -0.15) is 0 Å². The Labute approximate surface area is 163 Å². The Morgan fingerprint density at radius 2 is 2.00 bits per heavy atom. The molecule has 0 bridgehead atoms. The molecule has 2 aromatic rings. The molecule has 7 heteroatoms. The van der Waals surface area contributed by atoms with Gasteiger partial charge in [0.25, 0.3) is 0 Å². The summed E-state index contributed by atoms with van der Waals surface area (Å²) in [5.74, 6) is 0.890. The number of unbranched alkanes of at least 4 members (excludes halogenated alkanes) is 1. The van der Waals surface area contributed by atoms with Gasteiger partial charge in [-0.1, -0.05) is 6.07 Å². The first-order valence-electron chi connectivity index (χ1n) is 7.66. The Kier molecular flexibility index (Phi) is 10.5. The maximum absolute atomic E-state index is 4.49. The van der Waals surface area contributed by atoms with E-state index in [0.29, 0.717) is 0 Å². The van der Waals surface area contributed by atoms with Crippen LogP contribution in [0.15, 0.2) is 27.9 Å². The maximum atomic E-state index is 4.49. The molecule has 0 amide bonds. The van der Waals surface area contributed by atoms with E-state index in [-0.39, 0.29) is 24.0 Å². The molecule has 0 saturated carbocycles. The highest BCUT2D eigenvalue weighted by molar-refractivity contribution is 14.0. The van der Waals surface area contributed by atoms with Gasteiger partial charge >= 0.3 is 0 Å². The van der Waals surface area contributed by atoms with Gasteiger partial charge in [-0.25, -0.2) is 4.98 Å². The molecule has 0 saturated heterocycles. The second-order valence-corrected chi connectivity index (χ2v) is 7.07. The molecule has 0 aliphatic heterocycles. The molecular formula is C16H25IN4S2. The summed E-state index contributed by atoms with van der Waals surface area (Å²) in [7, 11) is 1.82. The first-order valence-corrected chi connectivity index (χ1v) is 9.42. The number of thiophene rings is 1.